The van der Waals surface area contributed by atoms with Crippen LogP contribution in [0.25, 0.3) is 0 Å². The summed E-state index contributed by atoms with van der Waals surface area (Å²) in [5.74, 6) is 0.955. The van der Waals surface area contributed by atoms with Gasteiger partial charge in [0, 0.05) is 17.5 Å². The van der Waals surface area contributed by atoms with Gasteiger partial charge in [-0.3, -0.25) is 4.79 Å². The van der Waals surface area contributed by atoms with Crippen LogP contribution >= 0.6 is 11.8 Å². The smallest absolute Gasteiger partial charge is 0.233 e. The van der Waals surface area contributed by atoms with Crippen molar-refractivity contribution in [3.05, 3.63) is 24.3 Å². The summed E-state index contributed by atoms with van der Waals surface area (Å²) in [4.78, 5) is 14.9. The van der Waals surface area contributed by atoms with Gasteiger partial charge in [-0.1, -0.05) is 0 Å². The summed E-state index contributed by atoms with van der Waals surface area (Å²) in [6.45, 7) is 2.83. The molecule has 1 saturated carbocycles. The molecular weight excluding hydrogens is 234 g/mol. The highest BCUT2D eigenvalue weighted by Crippen LogP contribution is 2.28. The van der Waals surface area contributed by atoms with Gasteiger partial charge < -0.3 is 10.0 Å². The Morgan fingerprint density at radius 2 is 2.06 bits per heavy atom. The van der Waals surface area contributed by atoms with E-state index < -0.39 is 0 Å². The van der Waals surface area contributed by atoms with Crippen molar-refractivity contribution in [1.82, 2.24) is 4.90 Å². The van der Waals surface area contributed by atoms with Crippen LogP contribution in [-0.2, 0) is 4.79 Å². The minimum absolute atomic E-state index is 0.216. The van der Waals surface area contributed by atoms with Crippen LogP contribution in [0.15, 0.2) is 29.2 Å². The Labute approximate surface area is 106 Å². The Morgan fingerprint density at radius 3 is 2.59 bits per heavy atom. The van der Waals surface area contributed by atoms with Crippen molar-refractivity contribution in [2.75, 3.05) is 12.3 Å². The molecule has 0 heterocycles. The Hall–Kier alpha value is -1.16. The normalized spacial score (nSPS) is 14.6. The fraction of sp³-hybridized carbons (Fsp3) is 0.462. The first-order valence-electron chi connectivity index (χ1n) is 5.92. The molecule has 17 heavy (non-hydrogen) atoms. The minimum atomic E-state index is 0.216. The predicted octanol–water partition coefficient (Wildman–Crippen LogP) is 2.50. The summed E-state index contributed by atoms with van der Waals surface area (Å²) < 4.78 is 0. The molecule has 1 amide bonds. The molecule has 0 spiro atoms. The standard InChI is InChI=1S/C13H17NO2S/c1-2-14(10-3-4-10)13(16)9-17-12-7-5-11(15)6-8-12/h5-8,10,15H,2-4,9H2,1H3. The van der Waals surface area contributed by atoms with E-state index >= 15 is 0 Å². The Morgan fingerprint density at radius 1 is 1.41 bits per heavy atom. The predicted molar refractivity (Wildman–Crippen MR) is 69.2 cm³/mol. The van der Waals surface area contributed by atoms with Gasteiger partial charge in [0.25, 0.3) is 0 Å². The zero-order valence-corrected chi connectivity index (χ0v) is 10.7. The average molecular weight is 251 g/mol. The molecule has 1 aliphatic carbocycles. The maximum absolute atomic E-state index is 12.0. The number of carbonyl (C=O) groups excluding carboxylic acids is 1. The van der Waals surface area contributed by atoms with Crippen LogP contribution in [0.2, 0.25) is 0 Å². The fourth-order valence-corrected chi connectivity index (χ4v) is 2.58. The number of hydrogen-bond acceptors (Lipinski definition) is 3. The summed E-state index contributed by atoms with van der Waals surface area (Å²) in [7, 11) is 0. The number of nitrogens with zero attached hydrogens (tertiary/aromatic N) is 1. The van der Waals surface area contributed by atoms with Crippen molar-refractivity contribution in [2.45, 2.75) is 30.7 Å². The van der Waals surface area contributed by atoms with Crippen LogP contribution < -0.4 is 0 Å². The lowest BCUT2D eigenvalue weighted by molar-refractivity contribution is -0.128. The number of benzene rings is 1. The molecule has 3 nitrogen and oxygen atoms in total. The minimum Gasteiger partial charge on any atom is -0.508 e. The quantitative estimate of drug-likeness (QED) is 0.817. The zero-order chi connectivity index (χ0) is 12.3. The molecule has 0 bridgehead atoms. The SMILES string of the molecule is CCN(C(=O)CSc1ccc(O)cc1)C1CC1. The number of carbonyl (C=O) groups is 1. The van der Waals surface area contributed by atoms with E-state index in [0.717, 1.165) is 24.3 Å². The summed E-state index contributed by atoms with van der Waals surface area (Å²) >= 11 is 1.52. The van der Waals surface area contributed by atoms with Crippen molar-refractivity contribution >= 4 is 17.7 Å². The van der Waals surface area contributed by atoms with Crippen molar-refractivity contribution in [2.24, 2.45) is 0 Å². The maximum atomic E-state index is 12.0. The molecule has 1 fully saturated rings. The van der Waals surface area contributed by atoms with Gasteiger partial charge in [0.1, 0.15) is 5.75 Å². The monoisotopic (exact) mass is 251 g/mol. The molecule has 0 aromatic heterocycles. The lowest BCUT2D eigenvalue weighted by Crippen LogP contribution is -2.34. The number of amides is 1. The van der Waals surface area contributed by atoms with Gasteiger partial charge in [-0.05, 0) is 44.0 Å². The second-order valence-electron chi connectivity index (χ2n) is 4.19. The molecule has 0 saturated heterocycles. The topological polar surface area (TPSA) is 40.5 Å². The van der Waals surface area contributed by atoms with E-state index in [1.807, 2.05) is 24.0 Å². The Bertz CT molecular complexity index is 387. The number of thioether (sulfide) groups is 1. The number of aromatic hydroxyl groups is 1. The van der Waals surface area contributed by atoms with Crippen LogP contribution in [0.1, 0.15) is 19.8 Å². The maximum Gasteiger partial charge on any atom is 0.233 e. The largest absolute Gasteiger partial charge is 0.508 e. The van der Waals surface area contributed by atoms with Gasteiger partial charge in [-0.2, -0.15) is 0 Å². The molecule has 0 unspecified atom stereocenters. The van der Waals surface area contributed by atoms with Crippen molar-refractivity contribution in [1.29, 1.82) is 0 Å². The highest BCUT2D eigenvalue weighted by atomic mass is 32.2. The first-order chi connectivity index (χ1) is 8.20. The van der Waals surface area contributed by atoms with Crippen LogP contribution in [0.5, 0.6) is 5.75 Å². The second kappa shape index (κ2) is 5.45. The average Bonchev–Trinajstić information content (AvgIpc) is 3.14. The fourth-order valence-electron chi connectivity index (χ4n) is 1.79. The molecule has 0 atom stereocenters. The first-order valence-corrected chi connectivity index (χ1v) is 6.90. The number of hydrogen-bond donors (Lipinski definition) is 1. The Kier molecular flexibility index (Phi) is 3.94. The third kappa shape index (κ3) is 3.40. The Balaban J connectivity index is 1.84. The molecule has 1 aromatic carbocycles. The molecule has 1 N–H and O–H groups in total. The molecule has 4 heteroatoms. The molecule has 0 radical (unpaired) electrons. The molecule has 2 rings (SSSR count). The first kappa shape index (κ1) is 12.3. The molecule has 0 aliphatic heterocycles. The van der Waals surface area contributed by atoms with Crippen molar-refractivity contribution in [3.8, 4) is 5.75 Å². The van der Waals surface area contributed by atoms with Crippen LogP contribution in [0, 0.1) is 0 Å². The van der Waals surface area contributed by atoms with Crippen LogP contribution in [-0.4, -0.2) is 34.3 Å². The van der Waals surface area contributed by atoms with E-state index in [9.17, 15) is 4.79 Å². The van der Waals surface area contributed by atoms with E-state index in [0.29, 0.717) is 11.8 Å². The zero-order valence-electron chi connectivity index (χ0n) is 9.93. The molecular formula is C13H17NO2S. The van der Waals surface area contributed by atoms with E-state index in [1.165, 1.54) is 11.8 Å². The van der Waals surface area contributed by atoms with Gasteiger partial charge >= 0.3 is 0 Å². The lowest BCUT2D eigenvalue weighted by Gasteiger charge is -2.19. The van der Waals surface area contributed by atoms with Crippen molar-refractivity contribution < 1.29 is 9.90 Å². The third-order valence-corrected chi connectivity index (χ3v) is 3.84. The number of phenols is 1. The summed E-state index contributed by atoms with van der Waals surface area (Å²) in [6, 6.07) is 7.45. The van der Waals surface area contributed by atoms with Gasteiger partial charge in [0.05, 0.1) is 5.75 Å². The second-order valence-corrected chi connectivity index (χ2v) is 5.24. The summed E-state index contributed by atoms with van der Waals surface area (Å²) in [5, 5.41) is 9.16. The third-order valence-electron chi connectivity index (χ3n) is 2.85. The van der Waals surface area contributed by atoms with Gasteiger partial charge in [0.15, 0.2) is 0 Å². The van der Waals surface area contributed by atoms with E-state index in [-0.39, 0.29) is 11.7 Å². The highest BCUT2D eigenvalue weighted by Gasteiger charge is 2.30. The van der Waals surface area contributed by atoms with E-state index in [2.05, 4.69) is 0 Å². The number of rotatable bonds is 5. The summed E-state index contributed by atoms with van der Waals surface area (Å²) in [5.41, 5.74) is 0. The molecule has 1 aliphatic rings. The van der Waals surface area contributed by atoms with E-state index in [1.54, 1.807) is 12.1 Å². The summed E-state index contributed by atoms with van der Waals surface area (Å²) in [6.07, 6.45) is 2.31. The van der Waals surface area contributed by atoms with Gasteiger partial charge in [-0.25, -0.2) is 0 Å². The molecule has 92 valence electrons. The highest BCUT2D eigenvalue weighted by molar-refractivity contribution is 8.00. The van der Waals surface area contributed by atoms with Crippen LogP contribution in [0.4, 0.5) is 0 Å². The lowest BCUT2D eigenvalue weighted by atomic mass is 10.3. The van der Waals surface area contributed by atoms with Crippen molar-refractivity contribution in [3.63, 3.8) is 0 Å². The number of phenolic OH excluding ortho intramolecular Hbond substituents is 1. The van der Waals surface area contributed by atoms with E-state index in [4.69, 9.17) is 5.11 Å². The molecule has 1 aromatic rings. The van der Waals surface area contributed by atoms with Crippen LogP contribution in [0.3, 0.4) is 0 Å². The van der Waals surface area contributed by atoms with Gasteiger partial charge in [-0.15, -0.1) is 11.8 Å². The van der Waals surface area contributed by atoms with Gasteiger partial charge in [0.2, 0.25) is 5.91 Å².